The maximum absolute atomic E-state index is 12.6. The lowest BCUT2D eigenvalue weighted by atomic mass is 9.89. The number of aliphatic hydroxyl groups is 1. The molecule has 0 radical (unpaired) electrons. The Morgan fingerprint density at radius 2 is 1.89 bits per heavy atom. The molecule has 0 amide bonds. The molecule has 8 heteroatoms. The number of nitrogens with zero attached hydrogens (tertiary/aromatic N) is 2. The Kier molecular flexibility index (Phi) is 3.29. The molecule has 2 rings (SSSR count). The maximum Gasteiger partial charge on any atom is 0.451 e. The SMILES string of the molecule is CNc1cc(NC2CC(O)C2)nc(C(F)(F)F)n1. The third kappa shape index (κ3) is 2.81. The molecule has 0 aromatic carbocycles. The molecule has 1 aromatic heterocycles. The van der Waals surface area contributed by atoms with Gasteiger partial charge in [-0.1, -0.05) is 0 Å². The zero-order valence-electron chi connectivity index (χ0n) is 9.62. The van der Waals surface area contributed by atoms with Gasteiger partial charge >= 0.3 is 6.18 Å². The van der Waals surface area contributed by atoms with Crippen LogP contribution in [-0.2, 0) is 6.18 Å². The van der Waals surface area contributed by atoms with Gasteiger partial charge in [0.25, 0.3) is 0 Å². The van der Waals surface area contributed by atoms with Gasteiger partial charge in [-0.15, -0.1) is 0 Å². The second-order valence-electron chi connectivity index (χ2n) is 4.18. The minimum atomic E-state index is -4.58. The number of aromatic nitrogens is 2. The lowest BCUT2D eigenvalue weighted by Gasteiger charge is -2.32. The molecule has 1 fully saturated rings. The van der Waals surface area contributed by atoms with Crippen molar-refractivity contribution in [2.45, 2.75) is 31.2 Å². The zero-order valence-corrected chi connectivity index (χ0v) is 9.62. The van der Waals surface area contributed by atoms with Crippen molar-refractivity contribution in [3.8, 4) is 0 Å². The second kappa shape index (κ2) is 4.60. The van der Waals surface area contributed by atoms with Gasteiger partial charge in [-0.25, -0.2) is 9.97 Å². The first-order valence-electron chi connectivity index (χ1n) is 5.47. The van der Waals surface area contributed by atoms with E-state index in [-0.39, 0.29) is 23.8 Å². The van der Waals surface area contributed by atoms with Gasteiger partial charge in [-0.3, -0.25) is 0 Å². The van der Waals surface area contributed by atoms with E-state index in [0.717, 1.165) is 0 Å². The Balaban J connectivity index is 2.18. The molecule has 0 unspecified atom stereocenters. The van der Waals surface area contributed by atoms with E-state index in [2.05, 4.69) is 20.6 Å². The Hall–Kier alpha value is -1.57. The molecule has 0 aliphatic heterocycles. The van der Waals surface area contributed by atoms with Crippen LogP contribution in [0.25, 0.3) is 0 Å². The summed E-state index contributed by atoms with van der Waals surface area (Å²) in [6.07, 6.45) is -3.93. The van der Waals surface area contributed by atoms with Gasteiger partial charge in [0.1, 0.15) is 11.6 Å². The monoisotopic (exact) mass is 262 g/mol. The Morgan fingerprint density at radius 1 is 1.28 bits per heavy atom. The summed E-state index contributed by atoms with van der Waals surface area (Å²) in [5.74, 6) is -0.977. The van der Waals surface area contributed by atoms with Crippen molar-refractivity contribution in [3.05, 3.63) is 11.9 Å². The van der Waals surface area contributed by atoms with Crippen LogP contribution in [0.1, 0.15) is 18.7 Å². The van der Waals surface area contributed by atoms with Crippen molar-refractivity contribution in [1.29, 1.82) is 0 Å². The molecule has 18 heavy (non-hydrogen) atoms. The molecule has 1 aliphatic carbocycles. The van der Waals surface area contributed by atoms with E-state index in [1.54, 1.807) is 0 Å². The van der Waals surface area contributed by atoms with Crippen molar-refractivity contribution in [3.63, 3.8) is 0 Å². The summed E-state index contributed by atoms with van der Waals surface area (Å²) < 4.78 is 37.7. The minimum Gasteiger partial charge on any atom is -0.393 e. The summed E-state index contributed by atoms with van der Waals surface area (Å²) in [7, 11) is 1.49. The van der Waals surface area contributed by atoms with Crippen LogP contribution in [0.4, 0.5) is 24.8 Å². The third-order valence-corrected chi connectivity index (χ3v) is 2.70. The summed E-state index contributed by atoms with van der Waals surface area (Å²) in [5.41, 5.74) is 0. The molecule has 1 saturated carbocycles. The highest BCUT2D eigenvalue weighted by molar-refractivity contribution is 5.48. The van der Waals surface area contributed by atoms with E-state index in [4.69, 9.17) is 5.11 Å². The first kappa shape index (κ1) is 12.9. The number of hydrogen-bond acceptors (Lipinski definition) is 5. The summed E-state index contributed by atoms with van der Waals surface area (Å²) in [6.45, 7) is 0. The van der Waals surface area contributed by atoms with Crippen molar-refractivity contribution in [1.82, 2.24) is 9.97 Å². The molecule has 1 aromatic rings. The summed E-state index contributed by atoms with van der Waals surface area (Å²) in [5, 5.41) is 14.5. The third-order valence-electron chi connectivity index (χ3n) is 2.70. The molecular weight excluding hydrogens is 249 g/mol. The highest BCUT2D eigenvalue weighted by Crippen LogP contribution is 2.29. The normalized spacial score (nSPS) is 23.4. The average molecular weight is 262 g/mol. The zero-order chi connectivity index (χ0) is 13.3. The van der Waals surface area contributed by atoms with E-state index in [9.17, 15) is 13.2 Å². The van der Waals surface area contributed by atoms with Crippen molar-refractivity contribution in [2.24, 2.45) is 0 Å². The van der Waals surface area contributed by atoms with Crippen molar-refractivity contribution >= 4 is 11.6 Å². The van der Waals surface area contributed by atoms with Gasteiger partial charge in [-0.2, -0.15) is 13.2 Å². The summed E-state index contributed by atoms with van der Waals surface area (Å²) in [4.78, 5) is 6.78. The number of hydrogen-bond donors (Lipinski definition) is 3. The van der Waals surface area contributed by atoms with E-state index in [1.165, 1.54) is 13.1 Å². The maximum atomic E-state index is 12.6. The van der Waals surface area contributed by atoms with Gasteiger partial charge in [0, 0.05) is 19.2 Å². The first-order chi connectivity index (χ1) is 8.38. The van der Waals surface area contributed by atoms with E-state index < -0.39 is 12.0 Å². The summed E-state index contributed by atoms with van der Waals surface area (Å²) >= 11 is 0. The number of aliphatic hydroxyl groups excluding tert-OH is 1. The number of alkyl halides is 3. The van der Waals surface area contributed by atoms with E-state index in [1.807, 2.05) is 0 Å². The smallest absolute Gasteiger partial charge is 0.393 e. The lowest BCUT2D eigenvalue weighted by molar-refractivity contribution is -0.144. The van der Waals surface area contributed by atoms with Crippen LogP contribution in [0.15, 0.2) is 6.07 Å². The average Bonchev–Trinajstić information content (AvgIpc) is 2.25. The van der Waals surface area contributed by atoms with Crippen LogP contribution in [0.3, 0.4) is 0 Å². The summed E-state index contributed by atoms with van der Waals surface area (Å²) in [6, 6.07) is 1.36. The second-order valence-corrected chi connectivity index (χ2v) is 4.18. The van der Waals surface area contributed by atoms with Crippen LogP contribution < -0.4 is 10.6 Å². The largest absolute Gasteiger partial charge is 0.451 e. The van der Waals surface area contributed by atoms with E-state index >= 15 is 0 Å². The van der Waals surface area contributed by atoms with Gasteiger partial charge in [-0.05, 0) is 12.8 Å². The number of rotatable bonds is 3. The molecule has 1 aliphatic rings. The molecule has 0 spiro atoms. The molecule has 1 heterocycles. The van der Waals surface area contributed by atoms with Crippen molar-refractivity contribution < 1.29 is 18.3 Å². The fraction of sp³-hybridized carbons (Fsp3) is 0.600. The first-order valence-corrected chi connectivity index (χ1v) is 5.47. The molecule has 5 nitrogen and oxygen atoms in total. The van der Waals surface area contributed by atoms with Crippen LogP contribution in [-0.4, -0.2) is 34.3 Å². The van der Waals surface area contributed by atoms with Crippen LogP contribution in [0.2, 0.25) is 0 Å². The van der Waals surface area contributed by atoms with Crippen LogP contribution in [0.5, 0.6) is 0 Å². The fourth-order valence-corrected chi connectivity index (χ4v) is 1.69. The molecule has 0 saturated heterocycles. The molecular formula is C10H13F3N4O. The van der Waals surface area contributed by atoms with Crippen LogP contribution in [0, 0.1) is 0 Å². The Bertz CT molecular complexity index is 432. The van der Waals surface area contributed by atoms with Gasteiger partial charge < -0.3 is 15.7 Å². The van der Waals surface area contributed by atoms with Gasteiger partial charge in [0.2, 0.25) is 5.82 Å². The predicted molar refractivity (Wildman–Crippen MR) is 59.2 cm³/mol. The Morgan fingerprint density at radius 3 is 2.39 bits per heavy atom. The van der Waals surface area contributed by atoms with Crippen molar-refractivity contribution in [2.75, 3.05) is 17.7 Å². The molecule has 0 atom stereocenters. The minimum absolute atomic E-state index is 0.0410. The standard InChI is InChI=1S/C10H13F3N4O/c1-14-7-4-8(15-5-2-6(18)3-5)17-9(16-7)10(11,12)13/h4-6,18H,2-3H2,1H3,(H2,14,15,16,17). The number of nitrogens with one attached hydrogen (secondary N) is 2. The molecule has 0 bridgehead atoms. The Labute approximate surface area is 101 Å². The molecule has 100 valence electrons. The lowest BCUT2D eigenvalue weighted by Crippen LogP contribution is -2.39. The topological polar surface area (TPSA) is 70.1 Å². The van der Waals surface area contributed by atoms with E-state index in [0.29, 0.717) is 12.8 Å². The quantitative estimate of drug-likeness (QED) is 0.769. The van der Waals surface area contributed by atoms with Crippen LogP contribution >= 0.6 is 0 Å². The van der Waals surface area contributed by atoms with Gasteiger partial charge in [0.15, 0.2) is 0 Å². The fourth-order valence-electron chi connectivity index (χ4n) is 1.69. The van der Waals surface area contributed by atoms with Gasteiger partial charge in [0.05, 0.1) is 6.10 Å². The number of halogens is 3. The highest BCUT2D eigenvalue weighted by atomic mass is 19.4. The molecule has 3 N–H and O–H groups in total. The highest BCUT2D eigenvalue weighted by Gasteiger charge is 2.36. The number of anilines is 2. The predicted octanol–water partition coefficient (Wildman–Crippen LogP) is 1.47.